The van der Waals surface area contributed by atoms with E-state index in [0.29, 0.717) is 19.8 Å². The molecule has 20 heavy (non-hydrogen) atoms. The predicted octanol–water partition coefficient (Wildman–Crippen LogP) is 1.29. The lowest BCUT2D eigenvalue weighted by molar-refractivity contribution is -0.0168. The largest absolute Gasteiger partial charge is 0.389 e. The topological polar surface area (TPSA) is 63.6 Å². The highest BCUT2D eigenvalue weighted by atomic mass is 16.5. The zero-order valence-corrected chi connectivity index (χ0v) is 12.0. The molecule has 112 valence electrons. The van der Waals surface area contributed by atoms with Crippen molar-refractivity contribution in [2.75, 3.05) is 26.4 Å². The van der Waals surface area contributed by atoms with Gasteiger partial charge in [0.05, 0.1) is 25.4 Å². The van der Waals surface area contributed by atoms with Gasteiger partial charge >= 0.3 is 0 Å². The highest BCUT2D eigenvalue weighted by Crippen LogP contribution is 2.12. The van der Waals surface area contributed by atoms with Gasteiger partial charge in [-0.2, -0.15) is 0 Å². The highest BCUT2D eigenvalue weighted by molar-refractivity contribution is 5.12. The van der Waals surface area contributed by atoms with Gasteiger partial charge in [0.1, 0.15) is 0 Å². The molecule has 2 N–H and O–H groups in total. The molecule has 0 saturated carbocycles. The van der Waals surface area contributed by atoms with Gasteiger partial charge in [-0.25, -0.2) is 0 Å². The van der Waals surface area contributed by atoms with Crippen LogP contribution in [0.2, 0.25) is 0 Å². The Balaban J connectivity index is 1.58. The number of aliphatic hydroxyl groups is 1. The molecular weight excluding hydrogens is 256 g/mol. The van der Waals surface area contributed by atoms with Crippen LogP contribution in [-0.4, -0.2) is 48.7 Å². The first-order valence-electron chi connectivity index (χ1n) is 7.26. The van der Waals surface area contributed by atoms with E-state index in [9.17, 15) is 5.11 Å². The van der Waals surface area contributed by atoms with E-state index in [2.05, 4.69) is 17.2 Å². The van der Waals surface area contributed by atoms with E-state index >= 15 is 0 Å². The SMILES string of the molecule is C[C@@H](NCC(O)COCC1CCCO1)c1cccnc1. The van der Waals surface area contributed by atoms with Gasteiger partial charge in [0.15, 0.2) is 0 Å². The van der Waals surface area contributed by atoms with Crippen LogP contribution < -0.4 is 5.32 Å². The Morgan fingerprint density at radius 1 is 1.60 bits per heavy atom. The van der Waals surface area contributed by atoms with Gasteiger partial charge < -0.3 is 19.9 Å². The van der Waals surface area contributed by atoms with E-state index in [1.807, 2.05) is 18.3 Å². The summed E-state index contributed by atoms with van der Waals surface area (Å²) in [6.07, 6.45) is 5.47. The maximum absolute atomic E-state index is 9.87. The Bertz CT molecular complexity index is 369. The second-order valence-corrected chi connectivity index (χ2v) is 5.24. The molecule has 0 amide bonds. The Labute approximate surface area is 120 Å². The van der Waals surface area contributed by atoms with Crippen LogP contribution in [-0.2, 0) is 9.47 Å². The number of ether oxygens (including phenoxy) is 2. The minimum atomic E-state index is -0.504. The maximum atomic E-state index is 9.87. The van der Waals surface area contributed by atoms with E-state index in [-0.39, 0.29) is 12.1 Å². The molecule has 1 aliphatic rings. The number of nitrogens with one attached hydrogen (secondary N) is 1. The van der Waals surface area contributed by atoms with Crippen LogP contribution in [0.15, 0.2) is 24.5 Å². The number of pyridine rings is 1. The van der Waals surface area contributed by atoms with Crippen LogP contribution in [0.5, 0.6) is 0 Å². The van der Waals surface area contributed by atoms with Crippen LogP contribution in [0, 0.1) is 0 Å². The minimum absolute atomic E-state index is 0.163. The van der Waals surface area contributed by atoms with Gasteiger partial charge in [-0.1, -0.05) is 6.07 Å². The van der Waals surface area contributed by atoms with Gasteiger partial charge in [-0.15, -0.1) is 0 Å². The van der Waals surface area contributed by atoms with Crippen LogP contribution in [0.1, 0.15) is 31.4 Å². The standard InChI is InChI=1S/C15H24N2O3/c1-12(13-4-2-6-16-8-13)17-9-14(18)10-19-11-15-5-3-7-20-15/h2,4,6,8,12,14-15,17-18H,3,5,7,9-11H2,1H3/t12-,14?,15?/m1/s1. The molecule has 1 aromatic rings. The average molecular weight is 280 g/mol. The van der Waals surface area contributed by atoms with Crippen LogP contribution in [0.3, 0.4) is 0 Å². The molecule has 1 aliphatic heterocycles. The fourth-order valence-electron chi connectivity index (χ4n) is 2.23. The summed E-state index contributed by atoms with van der Waals surface area (Å²) in [5, 5.41) is 13.2. The molecule has 0 aromatic carbocycles. The summed E-state index contributed by atoms with van der Waals surface area (Å²) >= 11 is 0. The Morgan fingerprint density at radius 2 is 2.50 bits per heavy atom. The van der Waals surface area contributed by atoms with E-state index < -0.39 is 6.10 Å². The van der Waals surface area contributed by atoms with Gasteiger partial charge in [-0.05, 0) is 31.4 Å². The first-order chi connectivity index (χ1) is 9.75. The summed E-state index contributed by atoms with van der Waals surface area (Å²) < 4.78 is 11.0. The van der Waals surface area contributed by atoms with Crippen LogP contribution >= 0.6 is 0 Å². The molecular formula is C15H24N2O3. The van der Waals surface area contributed by atoms with Crippen molar-refractivity contribution in [3.05, 3.63) is 30.1 Å². The highest BCUT2D eigenvalue weighted by Gasteiger charge is 2.16. The molecule has 1 fully saturated rings. The summed E-state index contributed by atoms with van der Waals surface area (Å²) in [5.41, 5.74) is 1.11. The quantitative estimate of drug-likeness (QED) is 0.751. The summed E-state index contributed by atoms with van der Waals surface area (Å²) in [7, 11) is 0. The number of nitrogens with zero attached hydrogens (tertiary/aromatic N) is 1. The third-order valence-corrected chi connectivity index (χ3v) is 3.48. The summed E-state index contributed by atoms with van der Waals surface area (Å²) in [4.78, 5) is 4.09. The number of aliphatic hydroxyl groups excluding tert-OH is 1. The molecule has 0 radical (unpaired) electrons. The molecule has 1 saturated heterocycles. The molecule has 2 rings (SSSR count). The van der Waals surface area contributed by atoms with E-state index in [1.54, 1.807) is 6.20 Å². The van der Waals surface area contributed by atoms with Gasteiger partial charge in [0.2, 0.25) is 0 Å². The van der Waals surface area contributed by atoms with Crippen LogP contribution in [0.25, 0.3) is 0 Å². The Morgan fingerprint density at radius 3 is 3.20 bits per heavy atom. The summed E-state index contributed by atoms with van der Waals surface area (Å²) in [6, 6.07) is 4.09. The number of hydrogen-bond acceptors (Lipinski definition) is 5. The lowest BCUT2D eigenvalue weighted by Crippen LogP contribution is -2.33. The monoisotopic (exact) mass is 280 g/mol. The zero-order chi connectivity index (χ0) is 14.2. The third-order valence-electron chi connectivity index (χ3n) is 3.48. The van der Waals surface area contributed by atoms with E-state index in [4.69, 9.17) is 9.47 Å². The second-order valence-electron chi connectivity index (χ2n) is 5.24. The van der Waals surface area contributed by atoms with Crippen molar-refractivity contribution in [2.24, 2.45) is 0 Å². The first kappa shape index (κ1) is 15.4. The number of rotatable bonds is 8. The van der Waals surface area contributed by atoms with E-state index in [1.165, 1.54) is 0 Å². The first-order valence-corrected chi connectivity index (χ1v) is 7.26. The molecule has 5 heteroatoms. The van der Waals surface area contributed by atoms with E-state index in [0.717, 1.165) is 25.0 Å². The van der Waals surface area contributed by atoms with Gasteiger partial charge in [0, 0.05) is 31.6 Å². The predicted molar refractivity (Wildman–Crippen MR) is 76.5 cm³/mol. The van der Waals surface area contributed by atoms with Crippen LogP contribution in [0.4, 0.5) is 0 Å². The summed E-state index contributed by atoms with van der Waals surface area (Å²) in [6.45, 7) is 4.31. The number of hydrogen-bond donors (Lipinski definition) is 2. The molecule has 1 aromatic heterocycles. The van der Waals surface area contributed by atoms with Crippen molar-refractivity contribution >= 4 is 0 Å². The third kappa shape index (κ3) is 5.17. The Hall–Kier alpha value is -1.01. The minimum Gasteiger partial charge on any atom is -0.389 e. The van der Waals surface area contributed by atoms with Gasteiger partial charge in [0.25, 0.3) is 0 Å². The smallest absolute Gasteiger partial charge is 0.0897 e. The van der Waals surface area contributed by atoms with Crippen molar-refractivity contribution < 1.29 is 14.6 Å². The molecule has 0 aliphatic carbocycles. The average Bonchev–Trinajstić information content (AvgIpc) is 2.99. The molecule has 5 nitrogen and oxygen atoms in total. The van der Waals surface area contributed by atoms with Crippen molar-refractivity contribution in [1.29, 1.82) is 0 Å². The van der Waals surface area contributed by atoms with Gasteiger partial charge in [-0.3, -0.25) is 4.98 Å². The second kappa shape index (κ2) is 8.32. The molecule has 0 bridgehead atoms. The van der Waals surface area contributed by atoms with Crippen molar-refractivity contribution in [2.45, 2.75) is 38.0 Å². The lowest BCUT2D eigenvalue weighted by atomic mass is 10.1. The lowest BCUT2D eigenvalue weighted by Gasteiger charge is -2.18. The maximum Gasteiger partial charge on any atom is 0.0897 e. The normalized spacial score (nSPS) is 21.8. The molecule has 0 spiro atoms. The number of aromatic nitrogens is 1. The fourth-order valence-corrected chi connectivity index (χ4v) is 2.23. The molecule has 2 unspecified atom stereocenters. The molecule has 2 heterocycles. The molecule has 3 atom stereocenters. The summed E-state index contributed by atoms with van der Waals surface area (Å²) in [5.74, 6) is 0. The van der Waals surface area contributed by atoms with Crippen molar-refractivity contribution in [3.63, 3.8) is 0 Å². The fraction of sp³-hybridized carbons (Fsp3) is 0.667. The van der Waals surface area contributed by atoms with Crippen molar-refractivity contribution in [3.8, 4) is 0 Å². The Kier molecular flexibility index (Phi) is 6.39. The van der Waals surface area contributed by atoms with Crippen molar-refractivity contribution in [1.82, 2.24) is 10.3 Å². The zero-order valence-electron chi connectivity index (χ0n) is 12.0.